The molecule has 1 aliphatic carbocycles. The first-order valence-electron chi connectivity index (χ1n) is 12.5. The molecule has 0 unspecified atom stereocenters. The molecule has 2 fully saturated rings. The lowest BCUT2D eigenvalue weighted by Gasteiger charge is -2.53. The van der Waals surface area contributed by atoms with Gasteiger partial charge in [-0.3, -0.25) is 14.5 Å². The van der Waals surface area contributed by atoms with E-state index < -0.39 is 11.6 Å². The van der Waals surface area contributed by atoms with Crippen LogP contribution < -0.4 is 5.73 Å². The summed E-state index contributed by atoms with van der Waals surface area (Å²) in [5, 5.41) is 5.46. The Morgan fingerprint density at radius 2 is 1.86 bits per heavy atom. The Kier molecular flexibility index (Phi) is 6.44. The molecule has 2 aliphatic rings. The summed E-state index contributed by atoms with van der Waals surface area (Å²) in [5.74, 6) is -1.04. The molecule has 1 aromatic carbocycles. The molecule has 4 aromatic rings. The molecule has 1 saturated carbocycles. The van der Waals surface area contributed by atoms with Crippen LogP contribution in [0.1, 0.15) is 18.4 Å². The molecule has 3 N–H and O–H groups in total. The van der Waals surface area contributed by atoms with Gasteiger partial charge in [-0.2, -0.15) is 5.10 Å². The zero-order chi connectivity index (χ0) is 25.6. The van der Waals surface area contributed by atoms with Gasteiger partial charge in [0, 0.05) is 79.6 Å². The van der Waals surface area contributed by atoms with Crippen LogP contribution in [0.25, 0.3) is 22.3 Å². The molecule has 1 aliphatic heterocycles. The second kappa shape index (κ2) is 9.75. The Labute approximate surface area is 218 Å². The van der Waals surface area contributed by atoms with Gasteiger partial charge in [0.05, 0.1) is 16.9 Å². The normalized spacial score (nSPS) is 23.0. The highest BCUT2D eigenvalue weighted by Crippen LogP contribution is 2.44. The summed E-state index contributed by atoms with van der Waals surface area (Å²) >= 11 is 6.02. The molecule has 3 aromatic heterocycles. The van der Waals surface area contributed by atoms with Crippen LogP contribution in [0.15, 0.2) is 43.1 Å². The number of aromatic amines is 1. The minimum absolute atomic E-state index is 0.0123. The van der Waals surface area contributed by atoms with Gasteiger partial charge in [0.2, 0.25) is 0 Å². The number of halogens is 3. The van der Waals surface area contributed by atoms with Crippen LogP contribution in [0.5, 0.6) is 0 Å². The molecule has 0 radical (unpaired) electrons. The van der Waals surface area contributed by atoms with E-state index in [0.29, 0.717) is 19.1 Å². The largest absolute Gasteiger partial charge is 0.346 e. The quantitative estimate of drug-likeness (QED) is 0.357. The number of rotatable bonds is 7. The Morgan fingerprint density at radius 1 is 1.08 bits per heavy atom. The van der Waals surface area contributed by atoms with Crippen molar-refractivity contribution in [2.45, 2.75) is 32.0 Å². The monoisotopic (exact) mass is 526 g/mol. The Bertz CT molecular complexity index is 1400. The van der Waals surface area contributed by atoms with Crippen molar-refractivity contribution in [1.29, 1.82) is 0 Å². The zero-order valence-corrected chi connectivity index (χ0v) is 21.1. The number of nitrogens with zero attached hydrogens (tertiary/aromatic N) is 6. The maximum absolute atomic E-state index is 14.2. The summed E-state index contributed by atoms with van der Waals surface area (Å²) in [6.07, 6.45) is 9.33. The van der Waals surface area contributed by atoms with Crippen molar-refractivity contribution in [1.82, 2.24) is 34.5 Å². The molecule has 6 rings (SSSR count). The smallest absolute Gasteiger partial charge is 0.142 e. The van der Waals surface area contributed by atoms with E-state index in [1.807, 2.05) is 29.3 Å². The van der Waals surface area contributed by atoms with Crippen LogP contribution in [0, 0.1) is 17.0 Å². The fraction of sp³-hybridized carbons (Fsp3) is 0.423. The number of nitrogens with two attached hydrogens (primary N) is 1. The number of aromatic nitrogens is 5. The summed E-state index contributed by atoms with van der Waals surface area (Å²) in [5.41, 5.74) is 9.14. The van der Waals surface area contributed by atoms with Gasteiger partial charge in [-0.25, -0.2) is 18.7 Å². The van der Waals surface area contributed by atoms with Crippen molar-refractivity contribution in [2.24, 2.45) is 11.1 Å². The number of nitrogens with one attached hydrogen (secondary N) is 1. The van der Waals surface area contributed by atoms with Gasteiger partial charge >= 0.3 is 0 Å². The summed E-state index contributed by atoms with van der Waals surface area (Å²) in [4.78, 5) is 16.5. The van der Waals surface area contributed by atoms with E-state index in [-0.39, 0.29) is 16.0 Å². The SMILES string of the molecule is NCC1(Cn2cc(-c3ncnc4[nH]ccc34)cn2)CC(N2CCN(Cc3c(F)ccc(F)c3Cl)CC2)C1. The second-order valence-corrected chi connectivity index (χ2v) is 10.7. The highest BCUT2D eigenvalue weighted by atomic mass is 35.5. The van der Waals surface area contributed by atoms with Gasteiger partial charge in [-0.1, -0.05) is 11.6 Å². The van der Waals surface area contributed by atoms with Crippen molar-refractivity contribution in [3.63, 3.8) is 0 Å². The van der Waals surface area contributed by atoms with Gasteiger partial charge in [0.25, 0.3) is 0 Å². The molecule has 0 bridgehead atoms. The standard InChI is InChI=1S/C26H29ClF2N8/c27-23-20(21(28)1-2-22(23)29)13-35-5-7-36(8-6-35)18-9-26(10-18,14-30)15-37-12-17(11-34-37)24-19-3-4-31-25(19)33-16-32-24/h1-4,11-12,16,18H,5-10,13-15,30H2,(H,31,32,33). The third-order valence-electron chi connectivity index (χ3n) is 7.97. The Hall–Kier alpha value is -2.92. The van der Waals surface area contributed by atoms with Crippen LogP contribution in [-0.4, -0.2) is 73.3 Å². The number of fused-ring (bicyclic) bond motifs is 1. The van der Waals surface area contributed by atoms with Crippen LogP contribution in [0.3, 0.4) is 0 Å². The van der Waals surface area contributed by atoms with E-state index in [4.69, 9.17) is 17.3 Å². The van der Waals surface area contributed by atoms with Gasteiger partial charge in [-0.05, 0) is 37.6 Å². The fourth-order valence-corrected chi connectivity index (χ4v) is 6.01. The third kappa shape index (κ3) is 4.63. The fourth-order valence-electron chi connectivity index (χ4n) is 5.80. The van der Waals surface area contributed by atoms with Gasteiger partial charge < -0.3 is 10.7 Å². The van der Waals surface area contributed by atoms with E-state index in [0.717, 1.165) is 80.0 Å². The van der Waals surface area contributed by atoms with E-state index in [1.165, 1.54) is 0 Å². The lowest BCUT2D eigenvalue weighted by atomic mass is 9.64. The van der Waals surface area contributed by atoms with Crippen LogP contribution in [0.4, 0.5) is 8.78 Å². The zero-order valence-electron chi connectivity index (χ0n) is 20.4. The van der Waals surface area contributed by atoms with Crippen LogP contribution >= 0.6 is 11.6 Å². The van der Waals surface area contributed by atoms with Crippen molar-refractivity contribution >= 4 is 22.6 Å². The first-order valence-corrected chi connectivity index (χ1v) is 12.9. The molecule has 4 heterocycles. The molecule has 0 spiro atoms. The predicted octanol–water partition coefficient (Wildman–Crippen LogP) is 3.68. The minimum Gasteiger partial charge on any atom is -0.346 e. The van der Waals surface area contributed by atoms with E-state index in [2.05, 4.69) is 29.9 Å². The van der Waals surface area contributed by atoms with Crippen molar-refractivity contribution in [3.8, 4) is 11.3 Å². The molecular formula is C26H29ClF2N8. The average molecular weight is 527 g/mol. The Balaban J connectivity index is 1.05. The maximum atomic E-state index is 14.2. The van der Waals surface area contributed by atoms with Crippen LogP contribution in [0.2, 0.25) is 5.02 Å². The second-order valence-electron chi connectivity index (χ2n) is 10.3. The van der Waals surface area contributed by atoms with Crippen molar-refractivity contribution in [2.75, 3.05) is 32.7 Å². The van der Waals surface area contributed by atoms with Gasteiger partial charge in [-0.15, -0.1) is 0 Å². The molecule has 11 heteroatoms. The van der Waals surface area contributed by atoms with Crippen molar-refractivity contribution < 1.29 is 8.78 Å². The molecular weight excluding hydrogens is 498 g/mol. The third-order valence-corrected chi connectivity index (χ3v) is 8.38. The maximum Gasteiger partial charge on any atom is 0.142 e. The van der Waals surface area contributed by atoms with Gasteiger partial charge in [0.15, 0.2) is 0 Å². The molecule has 0 amide bonds. The average Bonchev–Trinajstić information content (AvgIpc) is 3.56. The molecule has 194 valence electrons. The van der Waals surface area contributed by atoms with E-state index >= 15 is 0 Å². The lowest BCUT2D eigenvalue weighted by Crippen LogP contribution is -2.59. The number of piperazine rings is 1. The van der Waals surface area contributed by atoms with Gasteiger partial charge in [0.1, 0.15) is 23.6 Å². The summed E-state index contributed by atoms with van der Waals surface area (Å²) in [6, 6.07) is 4.66. The van der Waals surface area contributed by atoms with Crippen molar-refractivity contribution in [3.05, 3.63) is 65.3 Å². The number of hydrogen-bond acceptors (Lipinski definition) is 6. The first kappa shape index (κ1) is 24.4. The molecule has 8 nitrogen and oxygen atoms in total. The first-order chi connectivity index (χ1) is 17.9. The number of benzene rings is 1. The number of H-pyrrole nitrogens is 1. The van der Waals surface area contributed by atoms with E-state index in [1.54, 1.807) is 6.33 Å². The molecule has 1 saturated heterocycles. The highest BCUT2D eigenvalue weighted by molar-refractivity contribution is 6.31. The predicted molar refractivity (Wildman–Crippen MR) is 138 cm³/mol. The molecule has 0 atom stereocenters. The number of hydrogen-bond donors (Lipinski definition) is 2. The summed E-state index contributed by atoms with van der Waals surface area (Å²) < 4.78 is 30.0. The lowest BCUT2D eigenvalue weighted by molar-refractivity contribution is -0.0288. The van der Waals surface area contributed by atoms with E-state index in [9.17, 15) is 8.78 Å². The minimum atomic E-state index is -0.580. The summed E-state index contributed by atoms with van der Waals surface area (Å²) in [6.45, 7) is 5.01. The molecule has 37 heavy (non-hydrogen) atoms. The summed E-state index contributed by atoms with van der Waals surface area (Å²) in [7, 11) is 0. The van der Waals surface area contributed by atoms with Crippen LogP contribution in [-0.2, 0) is 13.1 Å². The Morgan fingerprint density at radius 3 is 2.65 bits per heavy atom. The highest BCUT2D eigenvalue weighted by Gasteiger charge is 2.46. The topological polar surface area (TPSA) is 91.9 Å².